The number of rotatable bonds is 5. The number of nitrogens with one attached hydrogen (secondary N) is 1. The van der Waals surface area contributed by atoms with Crippen LogP contribution in [-0.2, 0) is 11.2 Å². The van der Waals surface area contributed by atoms with Gasteiger partial charge < -0.3 is 5.32 Å². The Morgan fingerprint density at radius 2 is 1.67 bits per heavy atom. The fraction of sp³-hybridized carbons (Fsp3) is 0.190. The highest BCUT2D eigenvalue weighted by Gasteiger charge is 2.07. The highest BCUT2D eigenvalue weighted by Crippen LogP contribution is 2.24. The predicted molar refractivity (Wildman–Crippen MR) is 104 cm³/mol. The van der Waals surface area contributed by atoms with Crippen molar-refractivity contribution < 1.29 is 4.79 Å². The van der Waals surface area contributed by atoms with E-state index >= 15 is 0 Å². The molecule has 0 heterocycles. The van der Waals surface area contributed by atoms with Gasteiger partial charge >= 0.3 is 0 Å². The zero-order chi connectivity index (χ0) is 16.9. The van der Waals surface area contributed by atoms with Crippen LogP contribution in [0.3, 0.4) is 0 Å². The Labute approximate surface area is 147 Å². The number of anilines is 1. The van der Waals surface area contributed by atoms with Crippen LogP contribution in [0.5, 0.6) is 0 Å². The molecule has 0 atom stereocenters. The molecule has 0 unspecified atom stereocenters. The first-order valence-electron chi connectivity index (χ1n) is 8.15. The number of carbonyl (C=O) groups excluding carboxylic acids is 1. The van der Waals surface area contributed by atoms with E-state index in [1.165, 1.54) is 4.90 Å². The number of amides is 1. The molecule has 0 aliphatic rings. The quantitative estimate of drug-likeness (QED) is 0.622. The number of thioether (sulfide) groups is 1. The summed E-state index contributed by atoms with van der Waals surface area (Å²) >= 11 is 1.83. The smallest absolute Gasteiger partial charge is 0.228 e. The largest absolute Gasteiger partial charge is 0.325 e. The van der Waals surface area contributed by atoms with Crippen molar-refractivity contribution in [2.75, 3.05) is 5.32 Å². The zero-order valence-electron chi connectivity index (χ0n) is 14.0. The van der Waals surface area contributed by atoms with Crippen molar-refractivity contribution >= 4 is 34.1 Å². The zero-order valence-corrected chi connectivity index (χ0v) is 14.8. The summed E-state index contributed by atoms with van der Waals surface area (Å²) in [5.41, 5.74) is 1.89. The van der Waals surface area contributed by atoms with Gasteiger partial charge in [0.05, 0.1) is 6.42 Å². The SMILES string of the molecule is CC(C)Sc1ccc(CC(=O)Nc2cccc3ccccc23)cc1. The lowest BCUT2D eigenvalue weighted by molar-refractivity contribution is -0.115. The van der Waals surface area contributed by atoms with Crippen molar-refractivity contribution in [2.24, 2.45) is 0 Å². The number of hydrogen-bond acceptors (Lipinski definition) is 2. The van der Waals surface area contributed by atoms with Crippen LogP contribution in [0.4, 0.5) is 5.69 Å². The Morgan fingerprint density at radius 1 is 0.958 bits per heavy atom. The van der Waals surface area contributed by atoms with E-state index in [1.54, 1.807) is 0 Å². The van der Waals surface area contributed by atoms with Crippen molar-refractivity contribution in [3.8, 4) is 0 Å². The molecule has 3 rings (SSSR count). The first kappa shape index (κ1) is 16.6. The lowest BCUT2D eigenvalue weighted by atomic mass is 10.1. The summed E-state index contributed by atoms with van der Waals surface area (Å²) in [7, 11) is 0. The Hall–Kier alpha value is -2.26. The average Bonchev–Trinajstić information content (AvgIpc) is 2.56. The Bertz CT molecular complexity index is 835. The van der Waals surface area contributed by atoms with E-state index in [2.05, 4.69) is 43.4 Å². The minimum absolute atomic E-state index is 0.00983. The van der Waals surface area contributed by atoms with Gasteiger partial charge in [-0.3, -0.25) is 4.79 Å². The lowest BCUT2D eigenvalue weighted by Gasteiger charge is -2.09. The molecule has 0 saturated carbocycles. The molecule has 0 spiro atoms. The molecule has 24 heavy (non-hydrogen) atoms. The molecule has 2 nitrogen and oxygen atoms in total. The molecule has 3 heteroatoms. The summed E-state index contributed by atoms with van der Waals surface area (Å²) in [6.45, 7) is 4.35. The van der Waals surface area contributed by atoms with Gasteiger partial charge in [-0.1, -0.05) is 62.4 Å². The molecule has 1 amide bonds. The van der Waals surface area contributed by atoms with Gasteiger partial charge in [-0.15, -0.1) is 11.8 Å². The fourth-order valence-electron chi connectivity index (χ4n) is 2.67. The molecule has 122 valence electrons. The standard InChI is InChI=1S/C21H21NOS/c1-15(2)24-18-12-10-16(11-13-18)14-21(23)22-20-9-5-7-17-6-3-4-8-19(17)20/h3-13,15H,14H2,1-2H3,(H,22,23). The van der Waals surface area contributed by atoms with Gasteiger partial charge in [0.2, 0.25) is 5.91 Å². The Morgan fingerprint density at radius 3 is 2.42 bits per heavy atom. The summed E-state index contributed by atoms with van der Waals surface area (Å²) in [6.07, 6.45) is 0.385. The van der Waals surface area contributed by atoms with Crippen LogP contribution in [0.2, 0.25) is 0 Å². The van der Waals surface area contributed by atoms with Crippen LogP contribution in [-0.4, -0.2) is 11.2 Å². The van der Waals surface area contributed by atoms with E-state index in [0.29, 0.717) is 11.7 Å². The minimum Gasteiger partial charge on any atom is -0.325 e. The van der Waals surface area contributed by atoms with Crippen LogP contribution in [0.25, 0.3) is 10.8 Å². The minimum atomic E-state index is 0.00983. The molecule has 0 saturated heterocycles. The van der Waals surface area contributed by atoms with Crippen molar-refractivity contribution in [3.63, 3.8) is 0 Å². The first-order valence-corrected chi connectivity index (χ1v) is 9.03. The molecule has 0 aromatic heterocycles. The van der Waals surface area contributed by atoms with Gasteiger partial charge in [-0.2, -0.15) is 0 Å². The molecular weight excluding hydrogens is 314 g/mol. The molecular formula is C21H21NOS. The predicted octanol–water partition coefficient (Wildman–Crippen LogP) is 5.52. The summed E-state index contributed by atoms with van der Waals surface area (Å²) < 4.78 is 0. The first-order chi connectivity index (χ1) is 11.6. The summed E-state index contributed by atoms with van der Waals surface area (Å²) in [5.74, 6) is 0.00983. The maximum absolute atomic E-state index is 12.4. The van der Waals surface area contributed by atoms with Crippen LogP contribution < -0.4 is 5.32 Å². The highest BCUT2D eigenvalue weighted by molar-refractivity contribution is 7.99. The maximum atomic E-state index is 12.4. The second kappa shape index (κ2) is 7.54. The molecule has 3 aromatic carbocycles. The summed E-state index contributed by atoms with van der Waals surface area (Å²) in [4.78, 5) is 13.6. The maximum Gasteiger partial charge on any atom is 0.228 e. The van der Waals surface area contributed by atoms with E-state index in [9.17, 15) is 4.79 Å². The van der Waals surface area contributed by atoms with Crippen molar-refractivity contribution in [1.82, 2.24) is 0 Å². The Kier molecular flexibility index (Phi) is 5.21. The van der Waals surface area contributed by atoms with Crippen molar-refractivity contribution in [1.29, 1.82) is 0 Å². The second-order valence-corrected chi connectivity index (χ2v) is 7.71. The third-order valence-electron chi connectivity index (χ3n) is 3.72. The number of benzene rings is 3. The normalized spacial score (nSPS) is 11.0. The fourth-order valence-corrected chi connectivity index (χ4v) is 3.51. The van der Waals surface area contributed by atoms with E-state index < -0.39 is 0 Å². The van der Waals surface area contributed by atoms with Crippen LogP contribution in [0.1, 0.15) is 19.4 Å². The molecule has 0 aliphatic carbocycles. The van der Waals surface area contributed by atoms with Crippen LogP contribution in [0, 0.1) is 0 Å². The summed E-state index contributed by atoms with van der Waals surface area (Å²) in [5, 5.41) is 5.79. The van der Waals surface area contributed by atoms with Gasteiger partial charge in [-0.05, 0) is 29.1 Å². The van der Waals surface area contributed by atoms with Crippen LogP contribution in [0.15, 0.2) is 71.6 Å². The van der Waals surface area contributed by atoms with E-state index in [0.717, 1.165) is 22.0 Å². The molecule has 0 bridgehead atoms. The second-order valence-electron chi connectivity index (χ2n) is 6.06. The third kappa shape index (κ3) is 4.18. The van der Waals surface area contributed by atoms with E-state index in [1.807, 2.05) is 54.2 Å². The van der Waals surface area contributed by atoms with Crippen LogP contribution >= 0.6 is 11.8 Å². The van der Waals surface area contributed by atoms with Gasteiger partial charge in [-0.25, -0.2) is 0 Å². The van der Waals surface area contributed by atoms with Gasteiger partial charge in [0.25, 0.3) is 0 Å². The average molecular weight is 335 g/mol. The van der Waals surface area contributed by atoms with Crippen molar-refractivity contribution in [3.05, 3.63) is 72.3 Å². The topological polar surface area (TPSA) is 29.1 Å². The molecule has 0 fully saturated rings. The Balaban J connectivity index is 1.69. The van der Waals surface area contributed by atoms with Crippen molar-refractivity contribution in [2.45, 2.75) is 30.4 Å². The third-order valence-corrected chi connectivity index (χ3v) is 4.74. The van der Waals surface area contributed by atoms with Gasteiger partial charge in [0, 0.05) is 21.2 Å². The van der Waals surface area contributed by atoms with E-state index in [4.69, 9.17) is 0 Å². The number of fused-ring (bicyclic) bond motifs is 1. The molecule has 3 aromatic rings. The number of hydrogen-bond donors (Lipinski definition) is 1. The number of carbonyl (C=O) groups is 1. The lowest BCUT2D eigenvalue weighted by Crippen LogP contribution is -2.14. The van der Waals surface area contributed by atoms with Gasteiger partial charge in [0.1, 0.15) is 0 Å². The summed E-state index contributed by atoms with van der Waals surface area (Å²) in [6, 6.07) is 22.3. The van der Waals surface area contributed by atoms with Gasteiger partial charge in [0.15, 0.2) is 0 Å². The molecule has 1 N–H and O–H groups in total. The highest BCUT2D eigenvalue weighted by atomic mass is 32.2. The molecule has 0 radical (unpaired) electrons. The van der Waals surface area contributed by atoms with E-state index in [-0.39, 0.29) is 5.91 Å². The molecule has 0 aliphatic heterocycles. The monoisotopic (exact) mass is 335 g/mol.